The van der Waals surface area contributed by atoms with Crippen molar-refractivity contribution in [2.45, 2.75) is 25.8 Å². The van der Waals surface area contributed by atoms with E-state index in [1.54, 1.807) is 19.0 Å². The predicted octanol–water partition coefficient (Wildman–Crippen LogP) is -0.142. The molecule has 0 spiro atoms. The van der Waals surface area contributed by atoms with Crippen LogP contribution >= 0.6 is 0 Å². The summed E-state index contributed by atoms with van der Waals surface area (Å²) in [5, 5.41) is 6.15. The average molecular weight is 256 g/mol. The summed E-state index contributed by atoms with van der Waals surface area (Å²) in [6, 6.07) is 0.539. The number of rotatable bonds is 4. The average Bonchev–Trinajstić information content (AvgIpc) is 2.34. The topological polar surface area (TPSA) is 64.7 Å². The maximum Gasteiger partial charge on any atom is 0.319 e. The first-order chi connectivity index (χ1) is 8.50. The lowest BCUT2D eigenvalue weighted by atomic mass is 10.1. The van der Waals surface area contributed by atoms with E-state index < -0.39 is 0 Å². The van der Waals surface area contributed by atoms with Crippen molar-refractivity contribution in [3.05, 3.63) is 0 Å². The Hall–Kier alpha value is -1.30. The molecule has 1 heterocycles. The molecule has 1 saturated heterocycles. The quantitative estimate of drug-likeness (QED) is 0.688. The first-order valence-electron chi connectivity index (χ1n) is 6.44. The van der Waals surface area contributed by atoms with Gasteiger partial charge in [-0.3, -0.25) is 4.79 Å². The van der Waals surface area contributed by atoms with Crippen molar-refractivity contribution in [3.8, 4) is 0 Å². The van der Waals surface area contributed by atoms with Crippen molar-refractivity contribution in [2.75, 3.05) is 40.3 Å². The third-order valence-electron chi connectivity index (χ3n) is 3.08. The smallest absolute Gasteiger partial charge is 0.319 e. The van der Waals surface area contributed by atoms with E-state index in [1.807, 2.05) is 4.90 Å². The van der Waals surface area contributed by atoms with Gasteiger partial charge in [-0.25, -0.2) is 4.79 Å². The van der Waals surface area contributed by atoms with E-state index in [1.165, 1.54) is 6.92 Å². The largest absolute Gasteiger partial charge is 0.355 e. The van der Waals surface area contributed by atoms with Gasteiger partial charge in [0.05, 0.1) is 0 Å². The summed E-state index contributed by atoms with van der Waals surface area (Å²) in [6.45, 7) is 4.56. The molecule has 1 aliphatic heterocycles. The monoisotopic (exact) mass is 256 g/mol. The van der Waals surface area contributed by atoms with Crippen molar-refractivity contribution >= 4 is 11.9 Å². The summed E-state index contributed by atoms with van der Waals surface area (Å²) in [6.07, 6.45) is 1.94. The number of nitrogens with zero attached hydrogens (tertiary/aromatic N) is 2. The van der Waals surface area contributed by atoms with Gasteiger partial charge in [0.2, 0.25) is 5.91 Å². The number of urea groups is 1. The Labute approximate surface area is 109 Å². The lowest BCUT2D eigenvalue weighted by molar-refractivity contribution is -0.118. The molecule has 6 nitrogen and oxygen atoms in total. The van der Waals surface area contributed by atoms with E-state index in [2.05, 4.69) is 10.6 Å². The van der Waals surface area contributed by atoms with Gasteiger partial charge in [-0.2, -0.15) is 0 Å². The van der Waals surface area contributed by atoms with E-state index in [9.17, 15) is 9.59 Å². The van der Waals surface area contributed by atoms with Crippen LogP contribution in [0.15, 0.2) is 0 Å². The zero-order valence-corrected chi connectivity index (χ0v) is 11.5. The van der Waals surface area contributed by atoms with Crippen molar-refractivity contribution in [2.24, 2.45) is 0 Å². The Morgan fingerprint density at radius 3 is 2.33 bits per heavy atom. The van der Waals surface area contributed by atoms with Gasteiger partial charge in [-0.15, -0.1) is 0 Å². The second-order valence-corrected chi connectivity index (χ2v) is 4.88. The van der Waals surface area contributed by atoms with Crippen LogP contribution < -0.4 is 10.6 Å². The Kier molecular flexibility index (Phi) is 5.91. The van der Waals surface area contributed by atoms with E-state index >= 15 is 0 Å². The Bertz CT molecular complexity index is 286. The molecule has 0 aromatic carbocycles. The molecule has 0 unspecified atom stereocenters. The second-order valence-electron chi connectivity index (χ2n) is 4.88. The fourth-order valence-electron chi connectivity index (χ4n) is 2.07. The van der Waals surface area contributed by atoms with Crippen molar-refractivity contribution in [3.63, 3.8) is 0 Å². The van der Waals surface area contributed by atoms with Gasteiger partial charge < -0.3 is 20.4 Å². The highest BCUT2D eigenvalue weighted by molar-refractivity contribution is 5.74. The zero-order chi connectivity index (χ0) is 13.5. The summed E-state index contributed by atoms with van der Waals surface area (Å²) in [5.74, 6) is 0.00296. The molecule has 104 valence electrons. The molecule has 0 aromatic heterocycles. The highest BCUT2D eigenvalue weighted by Gasteiger charge is 2.22. The number of likely N-dealkylation sites (tertiary alicyclic amines) is 1. The summed E-state index contributed by atoms with van der Waals surface area (Å²) in [5.41, 5.74) is 0. The van der Waals surface area contributed by atoms with Crippen LogP contribution in [-0.2, 0) is 4.79 Å². The highest BCUT2D eigenvalue weighted by atomic mass is 16.2. The minimum atomic E-state index is 0.00296. The van der Waals surface area contributed by atoms with Crippen LogP contribution in [0.3, 0.4) is 0 Å². The lowest BCUT2D eigenvalue weighted by Crippen LogP contribution is -2.48. The fraction of sp³-hybridized carbons (Fsp3) is 0.833. The number of piperidine rings is 1. The van der Waals surface area contributed by atoms with E-state index in [4.69, 9.17) is 0 Å². The molecule has 6 heteroatoms. The van der Waals surface area contributed by atoms with Crippen molar-refractivity contribution < 1.29 is 9.59 Å². The molecular weight excluding hydrogens is 232 g/mol. The van der Waals surface area contributed by atoms with Crippen LogP contribution in [0.5, 0.6) is 0 Å². The molecule has 0 aliphatic carbocycles. The number of hydrogen-bond acceptors (Lipinski definition) is 3. The molecule has 0 aromatic rings. The summed E-state index contributed by atoms with van der Waals surface area (Å²) in [4.78, 5) is 25.9. The van der Waals surface area contributed by atoms with Crippen molar-refractivity contribution in [1.29, 1.82) is 0 Å². The molecule has 1 fully saturated rings. The molecule has 0 radical (unpaired) electrons. The Balaban J connectivity index is 2.15. The summed E-state index contributed by atoms with van der Waals surface area (Å²) < 4.78 is 0. The zero-order valence-electron chi connectivity index (χ0n) is 11.5. The van der Waals surface area contributed by atoms with Gasteiger partial charge in [-0.05, 0) is 12.8 Å². The molecule has 3 amide bonds. The molecule has 18 heavy (non-hydrogen) atoms. The number of carbonyl (C=O) groups excluding carboxylic acids is 2. The van der Waals surface area contributed by atoms with Crippen LogP contribution in [0, 0.1) is 0 Å². The molecule has 0 atom stereocenters. The SMILES string of the molecule is CC(=O)NCCNC1CCN(C(=O)N(C)C)CC1. The van der Waals surface area contributed by atoms with Gasteiger partial charge in [0.25, 0.3) is 0 Å². The third-order valence-corrected chi connectivity index (χ3v) is 3.08. The summed E-state index contributed by atoms with van der Waals surface area (Å²) in [7, 11) is 3.56. The third kappa shape index (κ3) is 4.91. The van der Waals surface area contributed by atoms with Crippen LogP contribution in [-0.4, -0.2) is 68.1 Å². The minimum Gasteiger partial charge on any atom is -0.355 e. The van der Waals surface area contributed by atoms with Crippen LogP contribution in [0.25, 0.3) is 0 Å². The number of nitrogens with one attached hydrogen (secondary N) is 2. The van der Waals surface area contributed by atoms with E-state index in [0.29, 0.717) is 12.6 Å². The van der Waals surface area contributed by atoms with E-state index in [0.717, 1.165) is 32.5 Å². The fourth-order valence-corrected chi connectivity index (χ4v) is 2.07. The van der Waals surface area contributed by atoms with Gasteiger partial charge in [0.15, 0.2) is 0 Å². The van der Waals surface area contributed by atoms with Crippen LogP contribution in [0.1, 0.15) is 19.8 Å². The predicted molar refractivity (Wildman–Crippen MR) is 70.4 cm³/mol. The molecular formula is C12H24N4O2. The van der Waals surface area contributed by atoms with Gasteiger partial charge in [0.1, 0.15) is 0 Å². The maximum absolute atomic E-state index is 11.7. The molecule has 2 N–H and O–H groups in total. The highest BCUT2D eigenvalue weighted by Crippen LogP contribution is 2.11. The Morgan fingerprint density at radius 2 is 1.83 bits per heavy atom. The van der Waals surface area contributed by atoms with Crippen LogP contribution in [0.2, 0.25) is 0 Å². The molecule has 0 saturated carbocycles. The normalized spacial score (nSPS) is 16.5. The van der Waals surface area contributed by atoms with Crippen LogP contribution in [0.4, 0.5) is 4.79 Å². The van der Waals surface area contributed by atoms with Gasteiger partial charge in [-0.1, -0.05) is 0 Å². The van der Waals surface area contributed by atoms with Crippen molar-refractivity contribution in [1.82, 2.24) is 20.4 Å². The van der Waals surface area contributed by atoms with Gasteiger partial charge >= 0.3 is 6.03 Å². The number of amides is 3. The Morgan fingerprint density at radius 1 is 1.22 bits per heavy atom. The number of carbonyl (C=O) groups is 2. The molecule has 0 bridgehead atoms. The maximum atomic E-state index is 11.7. The van der Waals surface area contributed by atoms with E-state index in [-0.39, 0.29) is 11.9 Å². The van der Waals surface area contributed by atoms with Gasteiger partial charge in [0, 0.05) is 53.2 Å². The lowest BCUT2D eigenvalue weighted by Gasteiger charge is -2.34. The molecule has 1 rings (SSSR count). The minimum absolute atomic E-state index is 0.00296. The first kappa shape index (κ1) is 14.8. The number of hydrogen-bond donors (Lipinski definition) is 2. The molecule has 1 aliphatic rings. The second kappa shape index (κ2) is 7.20. The summed E-state index contributed by atoms with van der Waals surface area (Å²) >= 11 is 0. The standard InChI is InChI=1S/C12H24N4O2/c1-10(17)13-6-7-14-11-4-8-16(9-5-11)12(18)15(2)3/h11,14H,4-9H2,1-3H3,(H,13,17). The first-order valence-corrected chi connectivity index (χ1v) is 6.44.